The summed E-state index contributed by atoms with van der Waals surface area (Å²) in [6.45, 7) is 4.47. The Hall–Kier alpha value is -1.57. The van der Waals surface area contributed by atoms with Crippen LogP contribution in [0.5, 0.6) is 0 Å². The molecule has 124 valence electrons. The number of ether oxygens (including phenoxy) is 1. The van der Waals surface area contributed by atoms with Gasteiger partial charge in [0.25, 0.3) is 0 Å². The second-order valence-electron chi connectivity index (χ2n) is 5.05. The average Bonchev–Trinajstić information content (AvgIpc) is 2.51. The predicted octanol–water partition coefficient (Wildman–Crippen LogP) is 5.92. The van der Waals surface area contributed by atoms with Crippen LogP contribution in [0.25, 0.3) is 0 Å². The van der Waals surface area contributed by atoms with Crippen LogP contribution in [0.4, 0.5) is 0 Å². The summed E-state index contributed by atoms with van der Waals surface area (Å²) in [6.07, 6.45) is 25.3. The molecule has 0 fully saturated rings. The smallest absolute Gasteiger partial charge is 0.305 e. The van der Waals surface area contributed by atoms with Crippen molar-refractivity contribution < 1.29 is 9.53 Å². The Bertz CT molecular complexity index is 362. The lowest BCUT2D eigenvalue weighted by molar-refractivity contribution is -0.143. The van der Waals surface area contributed by atoms with E-state index in [4.69, 9.17) is 4.74 Å². The van der Waals surface area contributed by atoms with Crippen molar-refractivity contribution in [2.75, 3.05) is 6.61 Å². The van der Waals surface area contributed by atoms with Crippen molar-refractivity contribution in [1.29, 1.82) is 0 Å². The van der Waals surface area contributed by atoms with Crippen molar-refractivity contribution >= 4 is 5.97 Å². The molecule has 22 heavy (non-hydrogen) atoms. The molecule has 0 rings (SSSR count). The molecule has 0 aliphatic rings. The zero-order valence-electron chi connectivity index (χ0n) is 14.3. The van der Waals surface area contributed by atoms with Crippen molar-refractivity contribution in [3.8, 4) is 0 Å². The van der Waals surface area contributed by atoms with E-state index in [9.17, 15) is 4.79 Å². The van der Waals surface area contributed by atoms with Crippen LogP contribution in [-0.2, 0) is 9.53 Å². The zero-order chi connectivity index (χ0) is 16.3. The Kier molecular flexibility index (Phi) is 16.2. The van der Waals surface area contributed by atoms with E-state index in [1.54, 1.807) is 0 Å². The molecule has 0 aromatic heterocycles. The quantitative estimate of drug-likeness (QED) is 0.240. The standard InChI is InChI=1S/C20H32O2/c1-3-5-6-7-8-9-10-11-12-13-14-15-16-17-18-19-20(21)22-4-2/h5-6,8-9,11-12,14-15H,3-4,7,10,13,16-19H2,1-2H3/b6-5-,9-8+,12-11-,15-14-. The number of hydrogen-bond acceptors (Lipinski definition) is 2. The minimum absolute atomic E-state index is 0.0762. The maximum atomic E-state index is 11.1. The first-order valence-electron chi connectivity index (χ1n) is 8.56. The zero-order valence-corrected chi connectivity index (χ0v) is 14.3. The molecule has 0 atom stereocenters. The first kappa shape index (κ1) is 20.4. The molecule has 0 amide bonds. The van der Waals surface area contributed by atoms with Crippen LogP contribution in [0, 0.1) is 0 Å². The molecule has 0 N–H and O–H groups in total. The van der Waals surface area contributed by atoms with Gasteiger partial charge in [-0.1, -0.05) is 55.5 Å². The van der Waals surface area contributed by atoms with Gasteiger partial charge in [0.05, 0.1) is 6.61 Å². The second-order valence-corrected chi connectivity index (χ2v) is 5.05. The van der Waals surface area contributed by atoms with Crippen LogP contribution in [0.3, 0.4) is 0 Å². The summed E-state index contributed by atoms with van der Waals surface area (Å²) >= 11 is 0. The molecule has 0 spiro atoms. The highest BCUT2D eigenvalue weighted by atomic mass is 16.5. The van der Waals surface area contributed by atoms with Gasteiger partial charge >= 0.3 is 5.97 Å². The average molecular weight is 304 g/mol. The van der Waals surface area contributed by atoms with Crippen molar-refractivity contribution in [2.24, 2.45) is 0 Å². The lowest BCUT2D eigenvalue weighted by Gasteiger charge is -1.99. The Labute approximate surface area is 136 Å². The van der Waals surface area contributed by atoms with Crippen LogP contribution in [0.15, 0.2) is 48.6 Å². The van der Waals surface area contributed by atoms with Gasteiger partial charge in [0.2, 0.25) is 0 Å². The van der Waals surface area contributed by atoms with Crippen LogP contribution in [0.1, 0.15) is 65.2 Å². The molecule has 2 heteroatoms. The van der Waals surface area contributed by atoms with Crippen molar-refractivity contribution in [1.82, 2.24) is 0 Å². The Balaban J connectivity index is 3.41. The number of carbonyl (C=O) groups excluding carboxylic acids is 1. The summed E-state index contributed by atoms with van der Waals surface area (Å²) in [5.41, 5.74) is 0. The molecule has 0 aromatic carbocycles. The van der Waals surface area contributed by atoms with Gasteiger partial charge < -0.3 is 4.74 Å². The van der Waals surface area contributed by atoms with E-state index in [2.05, 4.69) is 55.5 Å². The maximum absolute atomic E-state index is 11.1. The third-order valence-corrected chi connectivity index (χ3v) is 3.03. The fourth-order valence-corrected chi connectivity index (χ4v) is 1.86. The predicted molar refractivity (Wildman–Crippen MR) is 95.8 cm³/mol. The van der Waals surface area contributed by atoms with Gasteiger partial charge in [-0.15, -0.1) is 0 Å². The van der Waals surface area contributed by atoms with Crippen LogP contribution < -0.4 is 0 Å². The topological polar surface area (TPSA) is 26.3 Å². The molecule has 0 aliphatic carbocycles. The summed E-state index contributed by atoms with van der Waals surface area (Å²) in [7, 11) is 0. The highest BCUT2D eigenvalue weighted by Gasteiger charge is 1.99. The van der Waals surface area contributed by atoms with Gasteiger partial charge in [-0.05, 0) is 51.9 Å². The number of unbranched alkanes of at least 4 members (excludes halogenated alkanes) is 2. The molecular formula is C20H32O2. The molecule has 0 radical (unpaired) electrons. The number of esters is 1. The molecule has 0 aliphatic heterocycles. The normalized spacial score (nSPS) is 12.3. The number of carbonyl (C=O) groups is 1. The number of hydrogen-bond donors (Lipinski definition) is 0. The first-order chi connectivity index (χ1) is 10.8. The third kappa shape index (κ3) is 16.5. The highest BCUT2D eigenvalue weighted by molar-refractivity contribution is 5.69. The number of rotatable bonds is 13. The molecular weight excluding hydrogens is 272 g/mol. The van der Waals surface area contributed by atoms with Gasteiger partial charge in [0, 0.05) is 6.42 Å². The van der Waals surface area contributed by atoms with Gasteiger partial charge in [0.1, 0.15) is 0 Å². The van der Waals surface area contributed by atoms with Crippen LogP contribution in [-0.4, -0.2) is 12.6 Å². The summed E-state index contributed by atoms with van der Waals surface area (Å²) in [5.74, 6) is -0.0762. The van der Waals surface area contributed by atoms with Crippen molar-refractivity contribution in [3.63, 3.8) is 0 Å². The van der Waals surface area contributed by atoms with Crippen molar-refractivity contribution in [2.45, 2.75) is 65.2 Å². The summed E-state index contributed by atoms with van der Waals surface area (Å²) < 4.78 is 4.89. The van der Waals surface area contributed by atoms with E-state index in [1.807, 2.05) is 6.92 Å². The molecule has 2 nitrogen and oxygen atoms in total. The highest BCUT2D eigenvalue weighted by Crippen LogP contribution is 2.03. The molecule has 0 saturated heterocycles. The van der Waals surface area contributed by atoms with Gasteiger partial charge in [0.15, 0.2) is 0 Å². The van der Waals surface area contributed by atoms with E-state index in [1.165, 1.54) is 0 Å². The lowest BCUT2D eigenvalue weighted by Crippen LogP contribution is -2.02. The lowest BCUT2D eigenvalue weighted by atomic mass is 10.2. The maximum Gasteiger partial charge on any atom is 0.305 e. The Morgan fingerprint density at radius 3 is 1.86 bits per heavy atom. The van der Waals surface area contributed by atoms with Crippen molar-refractivity contribution in [3.05, 3.63) is 48.6 Å². The van der Waals surface area contributed by atoms with E-state index in [0.717, 1.165) is 44.9 Å². The van der Waals surface area contributed by atoms with E-state index >= 15 is 0 Å². The van der Waals surface area contributed by atoms with E-state index in [-0.39, 0.29) is 5.97 Å². The molecule has 0 bridgehead atoms. The Morgan fingerprint density at radius 2 is 1.32 bits per heavy atom. The monoisotopic (exact) mass is 304 g/mol. The van der Waals surface area contributed by atoms with Crippen LogP contribution in [0.2, 0.25) is 0 Å². The van der Waals surface area contributed by atoms with E-state index in [0.29, 0.717) is 13.0 Å². The summed E-state index contributed by atoms with van der Waals surface area (Å²) in [4.78, 5) is 11.1. The number of allylic oxidation sites excluding steroid dienone is 8. The summed E-state index contributed by atoms with van der Waals surface area (Å²) in [5, 5.41) is 0. The first-order valence-corrected chi connectivity index (χ1v) is 8.56. The van der Waals surface area contributed by atoms with Gasteiger partial charge in [-0.25, -0.2) is 0 Å². The molecule has 0 aromatic rings. The molecule has 0 saturated carbocycles. The minimum Gasteiger partial charge on any atom is -0.466 e. The molecule has 0 unspecified atom stereocenters. The Morgan fingerprint density at radius 1 is 0.773 bits per heavy atom. The fourth-order valence-electron chi connectivity index (χ4n) is 1.86. The van der Waals surface area contributed by atoms with Crippen LogP contribution >= 0.6 is 0 Å². The molecule has 0 heterocycles. The largest absolute Gasteiger partial charge is 0.466 e. The second kappa shape index (κ2) is 17.5. The fraction of sp³-hybridized carbons (Fsp3) is 0.550. The summed E-state index contributed by atoms with van der Waals surface area (Å²) in [6, 6.07) is 0. The minimum atomic E-state index is -0.0762. The van der Waals surface area contributed by atoms with E-state index < -0.39 is 0 Å². The van der Waals surface area contributed by atoms with Gasteiger partial charge in [-0.3, -0.25) is 4.79 Å². The SMILES string of the molecule is CC/C=C\C/C=C/C/C=C\C/C=C\CCCCC(=O)OCC. The van der Waals surface area contributed by atoms with Gasteiger partial charge in [-0.2, -0.15) is 0 Å². The third-order valence-electron chi connectivity index (χ3n) is 3.03.